The van der Waals surface area contributed by atoms with Crippen molar-refractivity contribution in [2.24, 2.45) is 5.73 Å². The standard InChI is InChI=1S/C13H22N4O2S/c1-4-7-13(14)9-17(10-13)12-6-5-11(8-15-12)20(18,19)16(2)3/h5-6,8H,4,7,9-10,14H2,1-3H3. The Morgan fingerprint density at radius 1 is 1.40 bits per heavy atom. The van der Waals surface area contributed by atoms with E-state index >= 15 is 0 Å². The van der Waals surface area contributed by atoms with Crippen LogP contribution >= 0.6 is 0 Å². The van der Waals surface area contributed by atoms with Crippen molar-refractivity contribution in [1.29, 1.82) is 0 Å². The quantitative estimate of drug-likeness (QED) is 0.863. The average molecular weight is 298 g/mol. The Morgan fingerprint density at radius 3 is 2.50 bits per heavy atom. The Balaban J connectivity index is 2.08. The normalized spacial score (nSPS) is 18.1. The maximum absolute atomic E-state index is 11.9. The lowest BCUT2D eigenvalue weighted by Crippen LogP contribution is -2.67. The van der Waals surface area contributed by atoms with E-state index in [1.54, 1.807) is 12.1 Å². The van der Waals surface area contributed by atoms with Crippen LogP contribution in [0.1, 0.15) is 19.8 Å². The first-order chi connectivity index (χ1) is 9.28. The average Bonchev–Trinajstić information content (AvgIpc) is 2.36. The van der Waals surface area contributed by atoms with Gasteiger partial charge in [-0.2, -0.15) is 0 Å². The molecule has 0 aromatic carbocycles. The summed E-state index contributed by atoms with van der Waals surface area (Å²) in [6, 6.07) is 3.33. The van der Waals surface area contributed by atoms with Crippen LogP contribution in [0.25, 0.3) is 0 Å². The fraction of sp³-hybridized carbons (Fsp3) is 0.615. The Bertz CT molecular complexity index is 563. The summed E-state index contributed by atoms with van der Waals surface area (Å²) in [4.78, 5) is 6.52. The summed E-state index contributed by atoms with van der Waals surface area (Å²) in [7, 11) is -0.400. The summed E-state index contributed by atoms with van der Waals surface area (Å²) < 4.78 is 25.1. The third-order valence-electron chi connectivity index (χ3n) is 3.58. The van der Waals surface area contributed by atoms with Crippen LogP contribution < -0.4 is 10.6 Å². The summed E-state index contributed by atoms with van der Waals surface area (Å²) in [5.74, 6) is 0.778. The zero-order valence-electron chi connectivity index (χ0n) is 12.2. The van der Waals surface area contributed by atoms with E-state index in [1.807, 2.05) is 0 Å². The Morgan fingerprint density at radius 2 is 2.05 bits per heavy atom. The molecular weight excluding hydrogens is 276 g/mol. The van der Waals surface area contributed by atoms with Gasteiger partial charge in [-0.15, -0.1) is 0 Å². The van der Waals surface area contributed by atoms with Crippen molar-refractivity contribution in [3.05, 3.63) is 18.3 Å². The van der Waals surface area contributed by atoms with Crippen LogP contribution in [0.15, 0.2) is 23.2 Å². The minimum Gasteiger partial charge on any atom is -0.353 e. The smallest absolute Gasteiger partial charge is 0.244 e. The highest BCUT2D eigenvalue weighted by atomic mass is 32.2. The number of nitrogens with two attached hydrogens (primary N) is 1. The van der Waals surface area contributed by atoms with Crippen LogP contribution in [0.2, 0.25) is 0 Å². The molecule has 0 bridgehead atoms. The van der Waals surface area contributed by atoms with Crippen LogP contribution in [0.3, 0.4) is 0 Å². The molecule has 2 rings (SSSR count). The molecule has 0 atom stereocenters. The van der Waals surface area contributed by atoms with Gasteiger partial charge < -0.3 is 10.6 Å². The lowest BCUT2D eigenvalue weighted by Gasteiger charge is -2.48. The Kier molecular flexibility index (Phi) is 4.04. The van der Waals surface area contributed by atoms with E-state index in [4.69, 9.17) is 5.73 Å². The van der Waals surface area contributed by atoms with Gasteiger partial charge in [0.25, 0.3) is 0 Å². The maximum atomic E-state index is 11.9. The summed E-state index contributed by atoms with van der Waals surface area (Å²) in [6.45, 7) is 3.66. The Hall–Kier alpha value is -1.18. The molecule has 1 aliphatic rings. The first-order valence-corrected chi connectivity index (χ1v) is 8.15. The molecule has 0 radical (unpaired) electrons. The first kappa shape index (κ1) is 15.2. The van der Waals surface area contributed by atoms with Crippen molar-refractivity contribution in [3.63, 3.8) is 0 Å². The molecule has 1 aromatic rings. The van der Waals surface area contributed by atoms with Crippen LogP contribution in [0.5, 0.6) is 0 Å². The van der Waals surface area contributed by atoms with Gasteiger partial charge >= 0.3 is 0 Å². The maximum Gasteiger partial charge on any atom is 0.244 e. The van der Waals surface area contributed by atoms with Crippen LogP contribution in [0, 0.1) is 0 Å². The third kappa shape index (κ3) is 2.79. The first-order valence-electron chi connectivity index (χ1n) is 6.71. The monoisotopic (exact) mass is 298 g/mol. The SMILES string of the molecule is CCCC1(N)CN(c2ccc(S(=O)(=O)N(C)C)cn2)C1. The summed E-state index contributed by atoms with van der Waals surface area (Å²) in [5, 5.41) is 0. The van der Waals surface area contributed by atoms with E-state index in [0.29, 0.717) is 0 Å². The number of anilines is 1. The van der Waals surface area contributed by atoms with E-state index in [-0.39, 0.29) is 10.4 Å². The fourth-order valence-electron chi connectivity index (χ4n) is 2.45. The molecule has 0 unspecified atom stereocenters. The van der Waals surface area contributed by atoms with Crippen molar-refractivity contribution in [3.8, 4) is 0 Å². The fourth-order valence-corrected chi connectivity index (χ4v) is 3.30. The molecule has 1 saturated heterocycles. The van der Waals surface area contributed by atoms with Crippen LogP contribution in [-0.2, 0) is 10.0 Å². The molecule has 0 spiro atoms. The Labute approximate surface area is 120 Å². The summed E-state index contributed by atoms with van der Waals surface area (Å²) in [5.41, 5.74) is 6.09. The topological polar surface area (TPSA) is 79.5 Å². The van der Waals surface area contributed by atoms with Crippen molar-refractivity contribution in [1.82, 2.24) is 9.29 Å². The van der Waals surface area contributed by atoms with Gasteiger partial charge in [0.15, 0.2) is 0 Å². The molecule has 20 heavy (non-hydrogen) atoms. The molecule has 0 saturated carbocycles. The zero-order chi connectivity index (χ0) is 15.0. The highest BCUT2D eigenvalue weighted by Gasteiger charge is 2.39. The van der Waals surface area contributed by atoms with E-state index in [0.717, 1.165) is 31.7 Å². The second kappa shape index (κ2) is 5.31. The molecule has 112 valence electrons. The summed E-state index contributed by atoms with van der Waals surface area (Å²) >= 11 is 0. The van der Waals surface area contributed by atoms with E-state index < -0.39 is 10.0 Å². The molecule has 1 aliphatic heterocycles. The molecule has 1 fully saturated rings. The van der Waals surface area contributed by atoms with Crippen molar-refractivity contribution in [2.75, 3.05) is 32.1 Å². The minimum atomic E-state index is -3.41. The number of hydrogen-bond acceptors (Lipinski definition) is 5. The second-order valence-electron chi connectivity index (χ2n) is 5.61. The molecule has 1 aromatic heterocycles. The van der Waals surface area contributed by atoms with Gasteiger partial charge in [0.1, 0.15) is 10.7 Å². The number of pyridine rings is 1. The largest absolute Gasteiger partial charge is 0.353 e. The van der Waals surface area contributed by atoms with Gasteiger partial charge in [0.2, 0.25) is 10.0 Å². The number of nitrogens with zero attached hydrogens (tertiary/aromatic N) is 3. The van der Waals surface area contributed by atoms with E-state index in [9.17, 15) is 8.42 Å². The second-order valence-corrected chi connectivity index (χ2v) is 7.76. The molecule has 6 nitrogen and oxygen atoms in total. The van der Waals surface area contributed by atoms with Gasteiger partial charge in [-0.3, -0.25) is 0 Å². The van der Waals surface area contributed by atoms with Gasteiger partial charge in [-0.25, -0.2) is 17.7 Å². The predicted octanol–water partition coefficient (Wildman–Crippen LogP) is 0.649. The molecule has 2 heterocycles. The van der Waals surface area contributed by atoms with Gasteiger partial charge in [0, 0.05) is 33.4 Å². The molecule has 7 heteroatoms. The van der Waals surface area contributed by atoms with Crippen molar-refractivity contribution >= 4 is 15.8 Å². The number of rotatable bonds is 5. The highest BCUT2D eigenvalue weighted by Crippen LogP contribution is 2.28. The van der Waals surface area contributed by atoms with Gasteiger partial charge in [-0.05, 0) is 18.6 Å². The molecule has 0 aliphatic carbocycles. The van der Waals surface area contributed by atoms with E-state index in [2.05, 4.69) is 16.8 Å². The lowest BCUT2D eigenvalue weighted by atomic mass is 9.86. The number of sulfonamides is 1. The van der Waals surface area contributed by atoms with Gasteiger partial charge in [0.05, 0.1) is 5.54 Å². The third-order valence-corrected chi connectivity index (χ3v) is 5.38. The minimum absolute atomic E-state index is 0.120. The zero-order valence-corrected chi connectivity index (χ0v) is 13.0. The van der Waals surface area contributed by atoms with Crippen LogP contribution in [-0.4, -0.2) is 50.4 Å². The molecule has 0 amide bonds. The molecular formula is C13H22N4O2S. The van der Waals surface area contributed by atoms with Gasteiger partial charge in [-0.1, -0.05) is 13.3 Å². The predicted molar refractivity (Wildman–Crippen MR) is 79.1 cm³/mol. The lowest BCUT2D eigenvalue weighted by molar-refractivity contribution is 0.306. The number of hydrogen-bond donors (Lipinski definition) is 1. The van der Waals surface area contributed by atoms with Crippen LogP contribution in [0.4, 0.5) is 5.82 Å². The number of aromatic nitrogens is 1. The molecule has 2 N–H and O–H groups in total. The van der Waals surface area contributed by atoms with E-state index in [1.165, 1.54) is 24.6 Å². The highest BCUT2D eigenvalue weighted by molar-refractivity contribution is 7.89. The van der Waals surface area contributed by atoms with Crippen molar-refractivity contribution < 1.29 is 8.42 Å². The van der Waals surface area contributed by atoms with Crippen molar-refractivity contribution in [2.45, 2.75) is 30.2 Å². The summed E-state index contributed by atoms with van der Waals surface area (Å²) in [6.07, 6.45) is 3.47.